The molecule has 1 nitrogen and oxygen atoms in total. The molecule has 0 aliphatic heterocycles. The van der Waals surface area contributed by atoms with Crippen molar-refractivity contribution in [1.82, 2.24) is 5.32 Å². The van der Waals surface area contributed by atoms with E-state index in [2.05, 4.69) is 19.3 Å². The van der Waals surface area contributed by atoms with E-state index in [4.69, 9.17) is 0 Å². The van der Waals surface area contributed by atoms with Crippen molar-refractivity contribution in [3.63, 3.8) is 0 Å². The Morgan fingerprint density at radius 3 is 2.14 bits per heavy atom. The van der Waals surface area contributed by atoms with Crippen LogP contribution in [-0.2, 0) is 0 Å². The summed E-state index contributed by atoms with van der Waals surface area (Å²) in [6.07, 6.45) is 8.54. The van der Waals surface area contributed by atoms with Gasteiger partial charge in [0.15, 0.2) is 0 Å². The highest BCUT2D eigenvalue weighted by Gasteiger charge is 2.54. The van der Waals surface area contributed by atoms with Crippen molar-refractivity contribution in [2.75, 3.05) is 7.05 Å². The largest absolute Gasteiger partial charge is 0.313 e. The second-order valence-corrected chi connectivity index (χ2v) is 8.00. The molecule has 4 aliphatic rings. The van der Waals surface area contributed by atoms with E-state index in [1.54, 1.807) is 12.1 Å². The van der Waals surface area contributed by atoms with Crippen molar-refractivity contribution in [2.24, 2.45) is 23.2 Å². The lowest BCUT2D eigenvalue weighted by molar-refractivity contribution is -0.0737. The third kappa shape index (κ3) is 2.14. The van der Waals surface area contributed by atoms with Crippen LogP contribution in [0.4, 0.5) is 4.39 Å². The molecule has 0 saturated heterocycles. The lowest BCUT2D eigenvalue weighted by Crippen LogP contribution is -2.51. The predicted molar refractivity (Wildman–Crippen MR) is 83.5 cm³/mol. The number of aryl methyl sites for hydroxylation is 1. The number of hydrogen-bond acceptors (Lipinski definition) is 1. The van der Waals surface area contributed by atoms with Gasteiger partial charge in [0, 0.05) is 6.04 Å². The Bertz CT molecular complexity index is 515. The summed E-state index contributed by atoms with van der Waals surface area (Å²) in [5.74, 6) is 2.74. The van der Waals surface area contributed by atoms with Crippen molar-refractivity contribution < 1.29 is 4.39 Å². The van der Waals surface area contributed by atoms with Crippen LogP contribution < -0.4 is 5.32 Å². The summed E-state index contributed by atoms with van der Waals surface area (Å²) in [5.41, 5.74) is 2.84. The van der Waals surface area contributed by atoms with E-state index in [0.717, 1.165) is 23.3 Å². The molecule has 2 heteroatoms. The summed E-state index contributed by atoms with van der Waals surface area (Å²) in [5, 5.41) is 3.61. The molecular formula is C19H26FN. The Labute approximate surface area is 127 Å². The summed E-state index contributed by atoms with van der Waals surface area (Å²) in [6.45, 7) is 2.06. The van der Waals surface area contributed by atoms with Gasteiger partial charge in [-0.2, -0.15) is 0 Å². The Hall–Kier alpha value is -0.890. The van der Waals surface area contributed by atoms with E-state index in [-0.39, 0.29) is 5.82 Å². The quantitative estimate of drug-likeness (QED) is 0.856. The number of hydrogen-bond donors (Lipinski definition) is 1. The van der Waals surface area contributed by atoms with E-state index in [1.165, 1.54) is 44.1 Å². The van der Waals surface area contributed by atoms with Gasteiger partial charge in [-0.25, -0.2) is 4.39 Å². The second-order valence-electron chi connectivity index (χ2n) is 8.00. The minimum atomic E-state index is -0.114. The van der Waals surface area contributed by atoms with Crippen LogP contribution in [0.25, 0.3) is 0 Å². The highest BCUT2D eigenvalue weighted by atomic mass is 19.1. The average Bonchev–Trinajstić information content (AvgIpc) is 2.40. The molecule has 0 radical (unpaired) electrons. The molecule has 114 valence electrons. The molecule has 5 rings (SSSR count). The first-order valence-corrected chi connectivity index (χ1v) is 8.53. The molecule has 4 fully saturated rings. The summed E-state index contributed by atoms with van der Waals surface area (Å²) in [6, 6.07) is 5.74. The zero-order valence-electron chi connectivity index (χ0n) is 13.2. The van der Waals surface area contributed by atoms with Gasteiger partial charge >= 0.3 is 0 Å². The van der Waals surface area contributed by atoms with Crippen molar-refractivity contribution in [3.05, 3.63) is 35.1 Å². The summed E-state index contributed by atoms with van der Waals surface area (Å²) in [7, 11) is 2.09. The molecule has 1 N–H and O–H groups in total. The standard InChI is InChI=1S/C19H26FN/c1-12-5-16(20)3-4-17(12)18(21-2)19-9-13-6-14(10-19)8-15(7-13)11-19/h3-5,13-15,18,21H,6-11H2,1-2H3. The van der Waals surface area contributed by atoms with Gasteiger partial charge < -0.3 is 5.32 Å². The van der Waals surface area contributed by atoms with Crippen molar-refractivity contribution in [2.45, 2.75) is 51.5 Å². The highest BCUT2D eigenvalue weighted by molar-refractivity contribution is 5.32. The van der Waals surface area contributed by atoms with Crippen molar-refractivity contribution >= 4 is 0 Å². The van der Waals surface area contributed by atoms with E-state index >= 15 is 0 Å². The smallest absolute Gasteiger partial charge is 0.123 e. The molecule has 1 unspecified atom stereocenters. The lowest BCUT2D eigenvalue weighted by atomic mass is 9.47. The van der Waals surface area contributed by atoms with Gasteiger partial charge in [-0.15, -0.1) is 0 Å². The fourth-order valence-corrected chi connectivity index (χ4v) is 6.29. The van der Waals surface area contributed by atoms with Crippen LogP contribution >= 0.6 is 0 Å². The molecule has 4 saturated carbocycles. The first-order valence-electron chi connectivity index (χ1n) is 8.53. The summed E-state index contributed by atoms with van der Waals surface area (Å²) < 4.78 is 13.5. The van der Waals surface area contributed by atoms with Gasteiger partial charge in [0.25, 0.3) is 0 Å². The maximum atomic E-state index is 13.5. The normalized spacial score (nSPS) is 38.7. The number of nitrogens with one attached hydrogen (secondary N) is 1. The number of rotatable bonds is 3. The Kier molecular flexibility index (Phi) is 3.15. The number of halogens is 1. The molecule has 21 heavy (non-hydrogen) atoms. The van der Waals surface area contributed by atoms with Gasteiger partial charge in [-0.3, -0.25) is 0 Å². The van der Waals surface area contributed by atoms with Crippen LogP contribution in [0.5, 0.6) is 0 Å². The fraction of sp³-hybridized carbons (Fsp3) is 0.684. The van der Waals surface area contributed by atoms with E-state index in [9.17, 15) is 4.39 Å². The second kappa shape index (κ2) is 4.81. The monoisotopic (exact) mass is 287 g/mol. The molecule has 0 amide bonds. The first-order chi connectivity index (χ1) is 10.1. The highest BCUT2D eigenvalue weighted by Crippen LogP contribution is 2.64. The maximum Gasteiger partial charge on any atom is 0.123 e. The molecule has 0 heterocycles. The van der Waals surface area contributed by atoms with Gasteiger partial charge in [-0.1, -0.05) is 6.07 Å². The molecule has 1 atom stereocenters. The SMILES string of the molecule is CNC(c1ccc(F)cc1C)C12CC3CC(CC(C3)C1)C2. The Morgan fingerprint density at radius 1 is 1.10 bits per heavy atom. The summed E-state index contributed by atoms with van der Waals surface area (Å²) in [4.78, 5) is 0. The molecule has 0 spiro atoms. The predicted octanol–water partition coefficient (Wildman–Crippen LogP) is 4.61. The van der Waals surface area contributed by atoms with Gasteiger partial charge in [0.05, 0.1) is 0 Å². The van der Waals surface area contributed by atoms with E-state index in [1.807, 2.05) is 6.07 Å². The zero-order chi connectivity index (χ0) is 14.6. The number of benzene rings is 1. The molecule has 0 aromatic heterocycles. The van der Waals surface area contributed by atoms with E-state index < -0.39 is 0 Å². The van der Waals surface area contributed by atoms with Crippen molar-refractivity contribution in [1.29, 1.82) is 0 Å². The third-order valence-electron chi connectivity index (χ3n) is 6.53. The minimum Gasteiger partial charge on any atom is -0.313 e. The zero-order valence-corrected chi connectivity index (χ0v) is 13.2. The topological polar surface area (TPSA) is 12.0 Å². The van der Waals surface area contributed by atoms with Crippen LogP contribution in [0.1, 0.15) is 55.7 Å². The van der Waals surface area contributed by atoms with Crippen LogP contribution in [0.3, 0.4) is 0 Å². The fourth-order valence-electron chi connectivity index (χ4n) is 6.29. The van der Waals surface area contributed by atoms with Crippen LogP contribution in [0.15, 0.2) is 18.2 Å². The molecule has 4 bridgehead atoms. The third-order valence-corrected chi connectivity index (χ3v) is 6.53. The lowest BCUT2D eigenvalue weighted by Gasteiger charge is -2.59. The van der Waals surface area contributed by atoms with Gasteiger partial charge in [0.2, 0.25) is 0 Å². The first kappa shape index (κ1) is 13.8. The van der Waals surface area contributed by atoms with Crippen LogP contribution in [0, 0.1) is 35.9 Å². The molecule has 1 aromatic rings. The Morgan fingerprint density at radius 2 is 1.67 bits per heavy atom. The molecule has 1 aromatic carbocycles. The molecular weight excluding hydrogens is 261 g/mol. The van der Waals surface area contributed by atoms with Gasteiger partial charge in [-0.05, 0) is 98.9 Å². The molecule has 4 aliphatic carbocycles. The maximum absolute atomic E-state index is 13.5. The average molecular weight is 287 g/mol. The van der Waals surface area contributed by atoms with Crippen LogP contribution in [-0.4, -0.2) is 7.05 Å². The summed E-state index contributed by atoms with van der Waals surface area (Å²) >= 11 is 0. The minimum absolute atomic E-state index is 0.114. The van der Waals surface area contributed by atoms with Crippen molar-refractivity contribution in [3.8, 4) is 0 Å². The van der Waals surface area contributed by atoms with Gasteiger partial charge in [0.1, 0.15) is 5.82 Å². The Balaban J connectivity index is 1.72. The van der Waals surface area contributed by atoms with Crippen LogP contribution in [0.2, 0.25) is 0 Å². The van der Waals surface area contributed by atoms with E-state index in [0.29, 0.717) is 11.5 Å².